The number of hydrogen-bond acceptors (Lipinski definition) is 5. The van der Waals surface area contributed by atoms with Crippen LogP contribution in [-0.4, -0.2) is 14.9 Å². The van der Waals surface area contributed by atoms with Crippen LogP contribution in [0.15, 0.2) is 54.6 Å². The third-order valence-corrected chi connectivity index (χ3v) is 3.86. The molecule has 0 amide bonds. The number of benzene rings is 2. The van der Waals surface area contributed by atoms with E-state index in [-0.39, 0.29) is 16.8 Å². The average molecular weight is 341 g/mol. The highest BCUT2D eigenvalue weighted by Crippen LogP contribution is 2.30. The Hall–Kier alpha value is -2.99. The van der Waals surface area contributed by atoms with Crippen molar-refractivity contribution in [3.8, 4) is 11.3 Å². The molecule has 0 radical (unpaired) electrons. The van der Waals surface area contributed by atoms with Gasteiger partial charge in [0, 0.05) is 29.7 Å². The van der Waals surface area contributed by atoms with Crippen molar-refractivity contribution in [3.05, 3.63) is 81.0 Å². The summed E-state index contributed by atoms with van der Waals surface area (Å²) in [6.07, 6.45) is 0.534. The molecule has 24 heavy (non-hydrogen) atoms. The first-order chi connectivity index (χ1) is 11.5. The zero-order valence-corrected chi connectivity index (χ0v) is 13.3. The van der Waals surface area contributed by atoms with Crippen LogP contribution in [0.25, 0.3) is 11.3 Å². The highest BCUT2D eigenvalue weighted by molar-refractivity contribution is 6.30. The van der Waals surface area contributed by atoms with E-state index in [0.717, 1.165) is 11.1 Å². The topological polar surface area (TPSA) is 94.9 Å². The van der Waals surface area contributed by atoms with Gasteiger partial charge in [0.05, 0.1) is 10.6 Å². The van der Waals surface area contributed by atoms with E-state index < -0.39 is 4.92 Å². The molecule has 3 aromatic rings. The lowest BCUT2D eigenvalue weighted by Gasteiger charge is -2.11. The average Bonchev–Trinajstić information content (AvgIpc) is 2.58. The Labute approximate surface area is 143 Å². The quantitative estimate of drug-likeness (QED) is 0.442. The Bertz CT molecular complexity index is 883. The Morgan fingerprint density at radius 3 is 2.33 bits per heavy atom. The maximum absolute atomic E-state index is 10.8. The van der Waals surface area contributed by atoms with Crippen molar-refractivity contribution in [2.24, 2.45) is 0 Å². The third kappa shape index (κ3) is 3.33. The number of non-ortho nitro benzene ring substituents is 1. The van der Waals surface area contributed by atoms with Gasteiger partial charge in [0.1, 0.15) is 5.15 Å². The SMILES string of the molecule is Nc1nc(Cl)c(Cc2ccccc2)c(-c2ccc([N+](=O)[O-])cc2)n1. The van der Waals surface area contributed by atoms with Crippen LogP contribution in [0, 0.1) is 10.1 Å². The van der Waals surface area contributed by atoms with Gasteiger partial charge in [-0.25, -0.2) is 9.97 Å². The van der Waals surface area contributed by atoms with Crippen LogP contribution in [0.2, 0.25) is 5.15 Å². The molecule has 3 rings (SSSR count). The molecule has 7 heteroatoms. The van der Waals surface area contributed by atoms with Gasteiger partial charge in [0.25, 0.3) is 5.69 Å². The molecular weight excluding hydrogens is 328 g/mol. The number of nitrogens with zero attached hydrogens (tertiary/aromatic N) is 3. The summed E-state index contributed by atoms with van der Waals surface area (Å²) in [5.41, 5.74) is 8.78. The van der Waals surface area contributed by atoms with Gasteiger partial charge < -0.3 is 5.73 Å². The lowest BCUT2D eigenvalue weighted by atomic mass is 10.0. The molecule has 2 N–H and O–H groups in total. The molecule has 6 nitrogen and oxygen atoms in total. The fourth-order valence-corrected chi connectivity index (χ4v) is 2.65. The molecule has 0 aliphatic rings. The molecule has 1 heterocycles. The maximum atomic E-state index is 10.8. The number of nitro groups is 1. The zero-order valence-electron chi connectivity index (χ0n) is 12.5. The molecule has 0 fully saturated rings. The van der Waals surface area contributed by atoms with E-state index in [1.54, 1.807) is 12.1 Å². The first-order valence-electron chi connectivity index (χ1n) is 7.15. The lowest BCUT2D eigenvalue weighted by molar-refractivity contribution is -0.384. The number of halogens is 1. The van der Waals surface area contributed by atoms with Crippen LogP contribution < -0.4 is 5.73 Å². The molecular formula is C17H13ClN4O2. The van der Waals surface area contributed by atoms with Crippen LogP contribution in [0.5, 0.6) is 0 Å². The molecule has 0 atom stereocenters. The normalized spacial score (nSPS) is 10.5. The van der Waals surface area contributed by atoms with Gasteiger partial charge in [-0.2, -0.15) is 0 Å². The second-order valence-electron chi connectivity index (χ2n) is 5.17. The van der Waals surface area contributed by atoms with Crippen LogP contribution in [0.4, 0.5) is 11.6 Å². The first-order valence-corrected chi connectivity index (χ1v) is 7.53. The fourth-order valence-electron chi connectivity index (χ4n) is 2.41. The van der Waals surface area contributed by atoms with Crippen molar-refractivity contribution in [1.29, 1.82) is 0 Å². The second-order valence-corrected chi connectivity index (χ2v) is 5.52. The van der Waals surface area contributed by atoms with E-state index in [4.69, 9.17) is 17.3 Å². The van der Waals surface area contributed by atoms with Gasteiger partial charge in [-0.05, 0) is 17.7 Å². The van der Waals surface area contributed by atoms with Crippen molar-refractivity contribution in [1.82, 2.24) is 9.97 Å². The van der Waals surface area contributed by atoms with E-state index in [1.165, 1.54) is 12.1 Å². The summed E-state index contributed by atoms with van der Waals surface area (Å²) in [5.74, 6) is 0.0603. The van der Waals surface area contributed by atoms with Crippen LogP contribution >= 0.6 is 11.6 Å². The molecule has 0 unspecified atom stereocenters. The van der Waals surface area contributed by atoms with E-state index in [0.29, 0.717) is 17.7 Å². The Morgan fingerprint density at radius 1 is 1.04 bits per heavy atom. The summed E-state index contributed by atoms with van der Waals surface area (Å²) < 4.78 is 0. The largest absolute Gasteiger partial charge is 0.368 e. The second kappa shape index (κ2) is 6.64. The summed E-state index contributed by atoms with van der Waals surface area (Å²) in [6, 6.07) is 15.9. The van der Waals surface area contributed by atoms with Gasteiger partial charge in [-0.1, -0.05) is 41.9 Å². The van der Waals surface area contributed by atoms with Crippen molar-refractivity contribution in [2.75, 3.05) is 5.73 Å². The summed E-state index contributed by atoms with van der Waals surface area (Å²) in [4.78, 5) is 18.7. The monoisotopic (exact) mass is 340 g/mol. The van der Waals surface area contributed by atoms with E-state index in [1.807, 2.05) is 30.3 Å². The number of nitrogen functional groups attached to an aromatic ring is 1. The Kier molecular flexibility index (Phi) is 4.39. The molecule has 1 aromatic heterocycles. The lowest BCUT2D eigenvalue weighted by Crippen LogP contribution is -2.03. The van der Waals surface area contributed by atoms with E-state index in [2.05, 4.69) is 9.97 Å². The standard InChI is InChI=1S/C17H13ClN4O2/c18-16-14(10-11-4-2-1-3-5-11)15(20-17(19)21-16)12-6-8-13(9-7-12)22(23)24/h1-9H,10H2,(H2,19,20,21). The number of nitro benzene ring substituents is 1. The van der Waals surface area contributed by atoms with Crippen LogP contribution in [0.1, 0.15) is 11.1 Å². The minimum Gasteiger partial charge on any atom is -0.368 e. The highest BCUT2D eigenvalue weighted by Gasteiger charge is 2.15. The smallest absolute Gasteiger partial charge is 0.269 e. The summed E-state index contributed by atoms with van der Waals surface area (Å²) in [5, 5.41) is 11.1. The number of hydrogen-bond donors (Lipinski definition) is 1. The number of rotatable bonds is 4. The first kappa shape index (κ1) is 15.9. The van der Waals surface area contributed by atoms with Gasteiger partial charge in [-0.15, -0.1) is 0 Å². The highest BCUT2D eigenvalue weighted by atomic mass is 35.5. The van der Waals surface area contributed by atoms with Crippen molar-refractivity contribution in [3.63, 3.8) is 0 Å². The molecule has 0 aliphatic heterocycles. The van der Waals surface area contributed by atoms with Crippen molar-refractivity contribution in [2.45, 2.75) is 6.42 Å². The third-order valence-electron chi connectivity index (χ3n) is 3.55. The predicted molar refractivity (Wildman–Crippen MR) is 92.8 cm³/mol. The van der Waals surface area contributed by atoms with Gasteiger partial charge >= 0.3 is 0 Å². The summed E-state index contributed by atoms with van der Waals surface area (Å²) in [7, 11) is 0. The number of nitrogens with two attached hydrogens (primary N) is 1. The van der Waals surface area contributed by atoms with Crippen molar-refractivity contribution >= 4 is 23.2 Å². The molecule has 0 aliphatic carbocycles. The summed E-state index contributed by atoms with van der Waals surface area (Å²) in [6.45, 7) is 0. The van der Waals surface area contributed by atoms with Gasteiger partial charge in [0.2, 0.25) is 5.95 Å². The fraction of sp³-hybridized carbons (Fsp3) is 0.0588. The molecule has 0 saturated heterocycles. The maximum Gasteiger partial charge on any atom is 0.269 e. The van der Waals surface area contributed by atoms with E-state index >= 15 is 0 Å². The minimum atomic E-state index is -0.448. The molecule has 0 saturated carbocycles. The summed E-state index contributed by atoms with van der Waals surface area (Å²) >= 11 is 6.28. The van der Waals surface area contributed by atoms with Crippen LogP contribution in [-0.2, 0) is 6.42 Å². The van der Waals surface area contributed by atoms with Gasteiger partial charge in [0.15, 0.2) is 0 Å². The van der Waals surface area contributed by atoms with Gasteiger partial charge in [-0.3, -0.25) is 10.1 Å². The molecule has 120 valence electrons. The Morgan fingerprint density at radius 2 is 1.71 bits per heavy atom. The van der Waals surface area contributed by atoms with E-state index in [9.17, 15) is 10.1 Å². The predicted octanol–water partition coefficient (Wildman–Crippen LogP) is 3.88. The van der Waals surface area contributed by atoms with Crippen LogP contribution in [0.3, 0.4) is 0 Å². The zero-order chi connectivity index (χ0) is 17.1. The molecule has 0 spiro atoms. The number of anilines is 1. The molecule has 2 aromatic carbocycles. The number of aromatic nitrogens is 2. The molecule has 0 bridgehead atoms. The minimum absolute atomic E-state index is 0.0106. The Balaban J connectivity index is 2.07. The van der Waals surface area contributed by atoms with Crippen molar-refractivity contribution < 1.29 is 4.92 Å².